The lowest BCUT2D eigenvalue weighted by Crippen LogP contribution is -2.31. The number of anilines is 2. The zero-order valence-corrected chi connectivity index (χ0v) is 22.2. The van der Waals surface area contributed by atoms with Crippen LogP contribution in [0, 0.1) is 0 Å². The molecule has 2 N–H and O–H groups in total. The second kappa shape index (κ2) is 11.5. The molecule has 1 aliphatic heterocycles. The average molecular weight is 508 g/mol. The Morgan fingerprint density at radius 1 is 1.19 bits per heavy atom. The number of nitrogens with zero attached hydrogens (tertiary/aromatic N) is 3. The van der Waals surface area contributed by atoms with E-state index in [-0.39, 0.29) is 12.0 Å². The van der Waals surface area contributed by atoms with Crippen LogP contribution >= 0.6 is 11.8 Å². The molecule has 190 valence electrons. The van der Waals surface area contributed by atoms with Crippen LogP contribution in [-0.4, -0.2) is 39.1 Å². The number of rotatable bonds is 10. The van der Waals surface area contributed by atoms with E-state index in [4.69, 9.17) is 14.6 Å². The number of para-hydroxylation sites is 2. The molecule has 1 amide bonds. The fraction of sp³-hybridized carbons (Fsp3) is 0.370. The summed E-state index contributed by atoms with van der Waals surface area (Å²) in [6, 6.07) is 14.8. The summed E-state index contributed by atoms with van der Waals surface area (Å²) in [6.07, 6.45) is 1.05. The van der Waals surface area contributed by atoms with Gasteiger partial charge in [-0.05, 0) is 63.9 Å². The van der Waals surface area contributed by atoms with Gasteiger partial charge in [-0.2, -0.15) is 4.98 Å². The van der Waals surface area contributed by atoms with Crippen molar-refractivity contribution in [2.24, 2.45) is 0 Å². The Hall–Kier alpha value is -3.46. The molecule has 0 fully saturated rings. The number of hydrogen-bond acceptors (Lipinski definition) is 7. The molecule has 2 aromatic carbocycles. The Balaban J connectivity index is 1.76. The Morgan fingerprint density at radius 2 is 2.00 bits per heavy atom. The predicted molar refractivity (Wildman–Crippen MR) is 144 cm³/mol. The maximum Gasteiger partial charge on any atom is 0.255 e. The van der Waals surface area contributed by atoms with E-state index in [2.05, 4.69) is 22.5 Å². The summed E-state index contributed by atoms with van der Waals surface area (Å²) in [5.74, 6) is 2.65. The second-order valence-electron chi connectivity index (χ2n) is 8.70. The van der Waals surface area contributed by atoms with Crippen LogP contribution in [0.2, 0.25) is 0 Å². The van der Waals surface area contributed by atoms with Crippen LogP contribution in [0.4, 0.5) is 11.6 Å². The second-order valence-corrected chi connectivity index (χ2v) is 9.76. The average Bonchev–Trinajstić information content (AvgIpc) is 3.25. The first-order valence-corrected chi connectivity index (χ1v) is 13.3. The van der Waals surface area contributed by atoms with E-state index < -0.39 is 6.04 Å². The minimum absolute atomic E-state index is 0.0300. The third-order valence-electron chi connectivity index (χ3n) is 5.49. The number of carbonyl (C=O) groups excluding carboxylic acids is 1. The summed E-state index contributed by atoms with van der Waals surface area (Å²) in [6.45, 7) is 10.4. The molecule has 1 unspecified atom stereocenters. The topological polar surface area (TPSA) is 90.3 Å². The van der Waals surface area contributed by atoms with E-state index in [9.17, 15) is 4.79 Å². The summed E-state index contributed by atoms with van der Waals surface area (Å²) >= 11 is 1.60. The van der Waals surface area contributed by atoms with Crippen molar-refractivity contribution in [3.05, 3.63) is 65.4 Å². The molecule has 2 heterocycles. The van der Waals surface area contributed by atoms with Crippen LogP contribution < -0.4 is 20.1 Å². The van der Waals surface area contributed by atoms with Gasteiger partial charge in [-0.15, -0.1) is 5.10 Å². The first-order chi connectivity index (χ1) is 17.4. The standard InChI is InChI=1S/C27H33N5O3S/c1-6-15-36-27-30-26-28-18(5)23(25(33)29-21-13-8-9-14-22(21)34-7-2)24(32(26)31-27)19-11-10-12-20(16-19)35-17(3)4/h8-14,16-17,24H,6-7,15H2,1-5H3,(H,29,33)(H,28,30,31). The van der Waals surface area contributed by atoms with Gasteiger partial charge in [0, 0.05) is 11.4 Å². The highest BCUT2D eigenvalue weighted by Crippen LogP contribution is 2.38. The molecule has 0 spiro atoms. The van der Waals surface area contributed by atoms with E-state index in [0.29, 0.717) is 40.4 Å². The molecule has 0 saturated carbocycles. The Morgan fingerprint density at radius 3 is 2.75 bits per heavy atom. The van der Waals surface area contributed by atoms with Crippen LogP contribution in [0.1, 0.15) is 52.6 Å². The van der Waals surface area contributed by atoms with Gasteiger partial charge in [0.05, 0.1) is 24.0 Å². The summed E-state index contributed by atoms with van der Waals surface area (Å²) in [5, 5.41) is 11.8. The minimum atomic E-state index is -0.486. The van der Waals surface area contributed by atoms with E-state index >= 15 is 0 Å². The molecule has 1 aromatic heterocycles. The van der Waals surface area contributed by atoms with Crippen LogP contribution in [0.3, 0.4) is 0 Å². The fourth-order valence-electron chi connectivity index (χ4n) is 4.06. The van der Waals surface area contributed by atoms with Crippen molar-refractivity contribution in [1.29, 1.82) is 0 Å². The Labute approximate surface area is 216 Å². The van der Waals surface area contributed by atoms with Crippen molar-refractivity contribution < 1.29 is 14.3 Å². The normalized spacial score (nSPS) is 14.9. The van der Waals surface area contributed by atoms with Gasteiger partial charge in [-0.1, -0.05) is 43.0 Å². The maximum atomic E-state index is 13.8. The van der Waals surface area contributed by atoms with Gasteiger partial charge in [0.1, 0.15) is 17.5 Å². The predicted octanol–water partition coefficient (Wildman–Crippen LogP) is 5.89. The van der Waals surface area contributed by atoms with E-state index in [1.165, 1.54) is 0 Å². The first-order valence-electron chi connectivity index (χ1n) is 12.3. The van der Waals surface area contributed by atoms with Gasteiger partial charge in [-0.25, -0.2) is 4.68 Å². The van der Waals surface area contributed by atoms with Gasteiger partial charge >= 0.3 is 0 Å². The van der Waals surface area contributed by atoms with Gasteiger partial charge in [0.15, 0.2) is 0 Å². The smallest absolute Gasteiger partial charge is 0.255 e. The number of allylic oxidation sites excluding steroid dienone is 1. The minimum Gasteiger partial charge on any atom is -0.492 e. The molecule has 3 aromatic rings. The van der Waals surface area contributed by atoms with Gasteiger partial charge in [-0.3, -0.25) is 4.79 Å². The van der Waals surface area contributed by atoms with Gasteiger partial charge in [0.25, 0.3) is 5.91 Å². The van der Waals surface area contributed by atoms with Gasteiger partial charge < -0.3 is 20.1 Å². The molecule has 0 aliphatic carbocycles. The number of carbonyl (C=O) groups is 1. The third-order valence-corrected chi connectivity index (χ3v) is 6.54. The van der Waals surface area contributed by atoms with Gasteiger partial charge in [0.2, 0.25) is 11.1 Å². The molecule has 0 saturated heterocycles. The SMILES string of the molecule is CCCSc1nc2n(n1)C(c1cccc(OC(C)C)c1)C(C(=O)Nc1ccccc1OCC)=C(C)N2. The summed E-state index contributed by atoms with van der Waals surface area (Å²) < 4.78 is 13.5. The van der Waals surface area contributed by atoms with E-state index in [1.54, 1.807) is 16.4 Å². The van der Waals surface area contributed by atoms with Crippen molar-refractivity contribution in [2.75, 3.05) is 23.0 Å². The number of nitrogens with one attached hydrogen (secondary N) is 2. The molecule has 0 bridgehead atoms. The summed E-state index contributed by atoms with van der Waals surface area (Å²) in [7, 11) is 0. The molecule has 1 aliphatic rings. The number of ether oxygens (including phenoxy) is 2. The maximum absolute atomic E-state index is 13.8. The highest BCUT2D eigenvalue weighted by atomic mass is 32.2. The lowest BCUT2D eigenvalue weighted by molar-refractivity contribution is -0.113. The highest BCUT2D eigenvalue weighted by molar-refractivity contribution is 7.99. The van der Waals surface area contributed by atoms with Crippen LogP contribution in [-0.2, 0) is 4.79 Å². The largest absolute Gasteiger partial charge is 0.492 e. The van der Waals surface area contributed by atoms with Crippen molar-refractivity contribution in [3.8, 4) is 11.5 Å². The van der Waals surface area contributed by atoms with Crippen molar-refractivity contribution in [1.82, 2.24) is 14.8 Å². The Kier molecular flexibility index (Phi) is 8.20. The lowest BCUT2D eigenvalue weighted by Gasteiger charge is -2.29. The van der Waals surface area contributed by atoms with Crippen LogP contribution in [0.25, 0.3) is 0 Å². The van der Waals surface area contributed by atoms with Crippen molar-refractivity contribution in [3.63, 3.8) is 0 Å². The van der Waals surface area contributed by atoms with Crippen LogP contribution in [0.5, 0.6) is 11.5 Å². The number of amides is 1. The molecule has 8 nitrogen and oxygen atoms in total. The summed E-state index contributed by atoms with van der Waals surface area (Å²) in [5.41, 5.74) is 2.76. The fourth-order valence-corrected chi connectivity index (χ4v) is 4.74. The molecule has 0 radical (unpaired) electrons. The van der Waals surface area contributed by atoms with Crippen LogP contribution in [0.15, 0.2) is 65.0 Å². The molecular weight excluding hydrogens is 474 g/mol. The molecule has 9 heteroatoms. The summed E-state index contributed by atoms with van der Waals surface area (Å²) in [4.78, 5) is 18.5. The van der Waals surface area contributed by atoms with E-state index in [1.807, 2.05) is 76.2 Å². The third kappa shape index (κ3) is 5.67. The number of aromatic nitrogens is 3. The number of benzene rings is 2. The monoisotopic (exact) mass is 507 g/mol. The zero-order chi connectivity index (χ0) is 25.7. The quantitative estimate of drug-likeness (QED) is 0.331. The number of thioether (sulfide) groups is 1. The van der Waals surface area contributed by atoms with Crippen molar-refractivity contribution in [2.45, 2.75) is 58.3 Å². The number of fused-ring (bicyclic) bond motifs is 1. The highest BCUT2D eigenvalue weighted by Gasteiger charge is 2.35. The lowest BCUT2D eigenvalue weighted by atomic mass is 9.94. The first kappa shape index (κ1) is 25.6. The molecule has 4 rings (SSSR count). The molecule has 1 atom stereocenters. The molecular formula is C27H33N5O3S. The molecule has 36 heavy (non-hydrogen) atoms. The zero-order valence-electron chi connectivity index (χ0n) is 21.4. The van der Waals surface area contributed by atoms with E-state index in [0.717, 1.165) is 23.5 Å². The number of hydrogen-bond donors (Lipinski definition) is 2. The Bertz CT molecular complexity index is 1250. The van der Waals surface area contributed by atoms with Crippen molar-refractivity contribution >= 4 is 29.3 Å².